The fourth-order valence-corrected chi connectivity index (χ4v) is 2.09. The highest BCUT2D eigenvalue weighted by atomic mass is 19.1. The standard InChI is InChI=1S/C15H18FN3/c1-5-17-15-11(4)10(3)14(18-19-15)12-6-9(2)7-13(16)8-12/h6-8H,5H2,1-4H3,(H,17,19). The predicted octanol–water partition coefficient (Wildman–Crippen LogP) is 3.64. The van der Waals surface area contributed by atoms with Crippen molar-refractivity contribution in [3.05, 3.63) is 40.7 Å². The van der Waals surface area contributed by atoms with Crippen molar-refractivity contribution in [2.45, 2.75) is 27.7 Å². The molecule has 0 aliphatic carbocycles. The molecule has 0 amide bonds. The van der Waals surface area contributed by atoms with E-state index in [2.05, 4.69) is 15.5 Å². The highest BCUT2D eigenvalue weighted by Crippen LogP contribution is 2.27. The van der Waals surface area contributed by atoms with Gasteiger partial charge >= 0.3 is 0 Å². The predicted molar refractivity (Wildman–Crippen MR) is 75.8 cm³/mol. The van der Waals surface area contributed by atoms with Crippen LogP contribution >= 0.6 is 0 Å². The van der Waals surface area contributed by atoms with Crippen LogP contribution in [0.25, 0.3) is 11.3 Å². The summed E-state index contributed by atoms with van der Waals surface area (Å²) in [7, 11) is 0. The van der Waals surface area contributed by atoms with Gasteiger partial charge in [-0.2, -0.15) is 0 Å². The quantitative estimate of drug-likeness (QED) is 0.914. The Hall–Kier alpha value is -1.97. The van der Waals surface area contributed by atoms with Gasteiger partial charge in [-0.15, -0.1) is 10.2 Å². The first kappa shape index (κ1) is 13.5. The van der Waals surface area contributed by atoms with Gasteiger partial charge in [0.25, 0.3) is 0 Å². The van der Waals surface area contributed by atoms with Gasteiger partial charge in [-0.25, -0.2) is 4.39 Å². The van der Waals surface area contributed by atoms with Crippen LogP contribution in [0.5, 0.6) is 0 Å². The summed E-state index contributed by atoms with van der Waals surface area (Å²) < 4.78 is 13.5. The van der Waals surface area contributed by atoms with E-state index in [1.165, 1.54) is 12.1 Å². The van der Waals surface area contributed by atoms with Gasteiger partial charge in [-0.1, -0.05) is 0 Å². The van der Waals surface area contributed by atoms with Crippen molar-refractivity contribution in [1.82, 2.24) is 10.2 Å². The summed E-state index contributed by atoms with van der Waals surface area (Å²) >= 11 is 0. The van der Waals surface area contributed by atoms with E-state index in [0.29, 0.717) is 0 Å². The maximum Gasteiger partial charge on any atom is 0.151 e. The fourth-order valence-electron chi connectivity index (χ4n) is 2.09. The molecular weight excluding hydrogens is 241 g/mol. The average molecular weight is 259 g/mol. The second kappa shape index (κ2) is 5.34. The minimum Gasteiger partial charge on any atom is -0.369 e. The summed E-state index contributed by atoms with van der Waals surface area (Å²) in [5, 5.41) is 11.6. The molecule has 0 aliphatic rings. The molecule has 1 aromatic carbocycles. The third-order valence-corrected chi connectivity index (χ3v) is 3.18. The zero-order valence-electron chi connectivity index (χ0n) is 11.7. The van der Waals surface area contributed by atoms with Gasteiger partial charge in [0, 0.05) is 12.1 Å². The number of halogens is 1. The van der Waals surface area contributed by atoms with E-state index in [0.717, 1.165) is 40.3 Å². The van der Waals surface area contributed by atoms with E-state index in [4.69, 9.17) is 0 Å². The molecule has 2 rings (SSSR count). The summed E-state index contributed by atoms with van der Waals surface area (Å²) in [6, 6.07) is 4.93. The molecule has 0 saturated heterocycles. The Balaban J connectivity index is 2.54. The maximum atomic E-state index is 13.5. The number of nitrogens with one attached hydrogen (secondary N) is 1. The number of nitrogens with zero attached hydrogens (tertiary/aromatic N) is 2. The zero-order valence-corrected chi connectivity index (χ0v) is 11.7. The third-order valence-electron chi connectivity index (χ3n) is 3.18. The van der Waals surface area contributed by atoms with Crippen LogP contribution in [0.1, 0.15) is 23.6 Å². The monoisotopic (exact) mass is 259 g/mol. The lowest BCUT2D eigenvalue weighted by Crippen LogP contribution is -2.06. The second-order valence-electron chi connectivity index (χ2n) is 4.69. The Labute approximate surface area is 112 Å². The molecule has 100 valence electrons. The van der Waals surface area contributed by atoms with E-state index < -0.39 is 0 Å². The van der Waals surface area contributed by atoms with Gasteiger partial charge in [0.05, 0.1) is 5.69 Å². The Morgan fingerprint density at radius 2 is 1.79 bits per heavy atom. The molecule has 3 nitrogen and oxygen atoms in total. The Morgan fingerprint density at radius 1 is 1.05 bits per heavy atom. The smallest absolute Gasteiger partial charge is 0.151 e. The first-order valence-electron chi connectivity index (χ1n) is 6.38. The van der Waals surface area contributed by atoms with E-state index in [1.54, 1.807) is 0 Å². The Morgan fingerprint density at radius 3 is 2.42 bits per heavy atom. The molecule has 0 aliphatic heterocycles. The van der Waals surface area contributed by atoms with Gasteiger partial charge < -0.3 is 5.32 Å². The summed E-state index contributed by atoms with van der Waals surface area (Å²) in [6.07, 6.45) is 0. The highest BCUT2D eigenvalue weighted by molar-refractivity contribution is 5.67. The third kappa shape index (κ3) is 2.72. The molecule has 2 aromatic rings. The first-order chi connectivity index (χ1) is 9.02. The van der Waals surface area contributed by atoms with Crippen molar-refractivity contribution in [2.75, 3.05) is 11.9 Å². The summed E-state index contributed by atoms with van der Waals surface area (Å²) in [5.74, 6) is 0.543. The highest BCUT2D eigenvalue weighted by Gasteiger charge is 2.12. The molecule has 1 N–H and O–H groups in total. The van der Waals surface area contributed by atoms with Crippen LogP contribution in [0, 0.1) is 26.6 Å². The minimum absolute atomic E-state index is 0.246. The van der Waals surface area contributed by atoms with Crippen molar-refractivity contribution >= 4 is 5.82 Å². The zero-order chi connectivity index (χ0) is 14.0. The molecule has 0 saturated carbocycles. The average Bonchev–Trinajstić information content (AvgIpc) is 2.34. The molecule has 0 fully saturated rings. The number of rotatable bonds is 3. The second-order valence-corrected chi connectivity index (χ2v) is 4.69. The lowest BCUT2D eigenvalue weighted by molar-refractivity contribution is 0.627. The van der Waals surface area contributed by atoms with Gasteiger partial charge in [-0.3, -0.25) is 0 Å². The van der Waals surface area contributed by atoms with Crippen LogP contribution in [0.3, 0.4) is 0 Å². The van der Waals surface area contributed by atoms with Crippen LogP contribution in [-0.2, 0) is 0 Å². The van der Waals surface area contributed by atoms with Crippen LogP contribution in [0.4, 0.5) is 10.2 Å². The number of aromatic nitrogens is 2. The summed E-state index contributed by atoms with van der Waals surface area (Å²) in [6.45, 7) is 8.67. The van der Waals surface area contributed by atoms with Gasteiger partial charge in [-0.05, 0) is 62.6 Å². The van der Waals surface area contributed by atoms with Crippen LogP contribution in [-0.4, -0.2) is 16.7 Å². The molecule has 0 bridgehead atoms. The molecular formula is C15H18FN3. The number of hydrogen-bond acceptors (Lipinski definition) is 3. The lowest BCUT2D eigenvalue weighted by Gasteiger charge is -2.12. The van der Waals surface area contributed by atoms with Crippen molar-refractivity contribution in [1.29, 1.82) is 0 Å². The van der Waals surface area contributed by atoms with Crippen LogP contribution < -0.4 is 5.32 Å². The van der Waals surface area contributed by atoms with Gasteiger partial charge in [0.1, 0.15) is 5.82 Å². The Kier molecular flexibility index (Phi) is 3.79. The summed E-state index contributed by atoms with van der Waals surface area (Å²) in [5.41, 5.74) is 4.46. The molecule has 1 aromatic heterocycles. The number of anilines is 1. The van der Waals surface area contributed by atoms with E-state index in [-0.39, 0.29) is 5.82 Å². The van der Waals surface area contributed by atoms with Crippen molar-refractivity contribution in [3.63, 3.8) is 0 Å². The van der Waals surface area contributed by atoms with Crippen LogP contribution in [0.2, 0.25) is 0 Å². The lowest BCUT2D eigenvalue weighted by atomic mass is 10.0. The summed E-state index contributed by atoms with van der Waals surface area (Å²) in [4.78, 5) is 0. The molecule has 0 spiro atoms. The largest absolute Gasteiger partial charge is 0.369 e. The van der Waals surface area contributed by atoms with Crippen molar-refractivity contribution < 1.29 is 4.39 Å². The fraction of sp³-hybridized carbons (Fsp3) is 0.333. The topological polar surface area (TPSA) is 37.8 Å². The normalized spacial score (nSPS) is 10.6. The van der Waals surface area contributed by atoms with Gasteiger partial charge in [0.2, 0.25) is 0 Å². The van der Waals surface area contributed by atoms with E-state index >= 15 is 0 Å². The molecule has 4 heteroatoms. The number of hydrogen-bond donors (Lipinski definition) is 1. The number of benzene rings is 1. The first-order valence-corrected chi connectivity index (χ1v) is 6.38. The van der Waals surface area contributed by atoms with Crippen LogP contribution in [0.15, 0.2) is 18.2 Å². The molecule has 0 atom stereocenters. The van der Waals surface area contributed by atoms with Crippen molar-refractivity contribution in [3.8, 4) is 11.3 Å². The van der Waals surface area contributed by atoms with E-state index in [1.807, 2.05) is 33.8 Å². The minimum atomic E-state index is -0.246. The maximum absolute atomic E-state index is 13.5. The Bertz CT molecular complexity index is 588. The molecule has 0 radical (unpaired) electrons. The van der Waals surface area contributed by atoms with Gasteiger partial charge in [0.15, 0.2) is 5.82 Å². The SMILES string of the molecule is CCNc1nnc(-c2cc(C)cc(F)c2)c(C)c1C. The number of aryl methyl sites for hydroxylation is 1. The van der Waals surface area contributed by atoms with Crippen molar-refractivity contribution in [2.24, 2.45) is 0 Å². The molecule has 19 heavy (non-hydrogen) atoms. The molecule has 0 unspecified atom stereocenters. The molecule has 1 heterocycles. The van der Waals surface area contributed by atoms with E-state index in [9.17, 15) is 4.39 Å².